The van der Waals surface area contributed by atoms with Crippen molar-refractivity contribution in [2.45, 2.75) is 88.9 Å². The molecule has 1 aromatic heterocycles. The highest BCUT2D eigenvalue weighted by Gasteiger charge is 2.30. The van der Waals surface area contributed by atoms with Crippen LogP contribution in [0.3, 0.4) is 0 Å². The van der Waals surface area contributed by atoms with Crippen LogP contribution in [0, 0.1) is 0 Å². The second-order valence-corrected chi connectivity index (χ2v) is 14.1. The van der Waals surface area contributed by atoms with Crippen molar-refractivity contribution >= 4 is 57.0 Å². The van der Waals surface area contributed by atoms with Crippen LogP contribution in [0.25, 0.3) is 21.7 Å². The van der Waals surface area contributed by atoms with Gasteiger partial charge in [0.05, 0.1) is 12.6 Å². The number of carbonyl (C=O) groups is 5. The first-order chi connectivity index (χ1) is 26.9. The summed E-state index contributed by atoms with van der Waals surface area (Å²) in [6.45, 7) is 2.43. The molecule has 1 heterocycles. The molecule has 56 heavy (non-hydrogen) atoms. The zero-order valence-electron chi connectivity index (χ0n) is 32.0. The van der Waals surface area contributed by atoms with Gasteiger partial charge in [0.15, 0.2) is 5.96 Å². The standard InChI is InChI=1S/C41H56N10O5/c1-26(47-25-31(52)13-4-2-3-9-19-42)38(54)51-36(22-27-17-18-28-11-5-6-12-29(28)21-27)40(56)49-34(16-10-20-46-41(44)45)39(55)50-35(37(43)53)23-30-24-48-33-15-8-7-14-32(30)33/h5-8,11-12,14-15,17-18,21,24,26,34-36,47-48H,2-4,9-10,13,16,19-20,22-23,25,42H2,1H3,(H2,43,53)(H,49,56)(H,50,55)(H,51,54)(H4,44,45,46)/t26-,34-,35-,36+/m0/s1. The van der Waals surface area contributed by atoms with Crippen molar-refractivity contribution in [2.75, 3.05) is 19.6 Å². The summed E-state index contributed by atoms with van der Waals surface area (Å²) in [5.74, 6) is -2.64. The van der Waals surface area contributed by atoms with E-state index >= 15 is 0 Å². The first kappa shape index (κ1) is 42.9. The lowest BCUT2D eigenvalue weighted by molar-refractivity contribution is -0.133. The zero-order chi connectivity index (χ0) is 40.5. The van der Waals surface area contributed by atoms with Crippen LogP contribution in [0.15, 0.2) is 77.9 Å². The minimum Gasteiger partial charge on any atom is -0.370 e. The summed E-state index contributed by atoms with van der Waals surface area (Å²) >= 11 is 0. The molecular weight excluding hydrogens is 713 g/mol. The van der Waals surface area contributed by atoms with Gasteiger partial charge in [-0.1, -0.05) is 73.5 Å². The fourth-order valence-electron chi connectivity index (χ4n) is 6.44. The number of benzene rings is 3. The van der Waals surface area contributed by atoms with Gasteiger partial charge in [-0.15, -0.1) is 0 Å². The van der Waals surface area contributed by atoms with Crippen molar-refractivity contribution in [3.8, 4) is 0 Å². The normalized spacial score (nSPS) is 13.3. The maximum Gasteiger partial charge on any atom is 0.243 e. The highest BCUT2D eigenvalue weighted by Crippen LogP contribution is 2.20. The fraction of sp³-hybridized carbons (Fsp3) is 0.415. The number of fused-ring (bicyclic) bond motifs is 2. The Kier molecular flexibility index (Phi) is 16.8. The van der Waals surface area contributed by atoms with Crippen molar-refractivity contribution in [2.24, 2.45) is 27.9 Å². The first-order valence-electron chi connectivity index (χ1n) is 19.2. The van der Waals surface area contributed by atoms with Gasteiger partial charge in [0, 0.05) is 42.9 Å². The summed E-state index contributed by atoms with van der Waals surface area (Å²) in [5, 5.41) is 14.2. The zero-order valence-corrected chi connectivity index (χ0v) is 32.0. The van der Waals surface area contributed by atoms with Gasteiger partial charge in [0.25, 0.3) is 0 Å². The predicted octanol–water partition coefficient (Wildman–Crippen LogP) is 1.56. The lowest BCUT2D eigenvalue weighted by atomic mass is 10.00. The van der Waals surface area contributed by atoms with Crippen molar-refractivity contribution in [3.05, 3.63) is 84.1 Å². The Morgan fingerprint density at radius 3 is 2.16 bits per heavy atom. The minimum atomic E-state index is -1.14. The Morgan fingerprint density at radius 2 is 1.41 bits per heavy atom. The SMILES string of the molecule is C[C@H](NCC(=O)CCCCCCN)C(=O)N[C@H](Cc1ccc2ccccc2c1)C(=O)N[C@@H](CCCN=C(N)N)C(=O)N[C@@H](Cc1c[nH]c2ccccc12)C(N)=O. The monoisotopic (exact) mass is 768 g/mol. The maximum atomic E-state index is 14.2. The number of nitrogens with two attached hydrogens (primary N) is 4. The summed E-state index contributed by atoms with van der Waals surface area (Å²) in [6.07, 6.45) is 6.32. The molecule has 0 aliphatic heterocycles. The molecule has 0 radical (unpaired) electrons. The Balaban J connectivity index is 1.51. The third kappa shape index (κ3) is 13.5. The number of primary amides is 1. The number of nitrogens with one attached hydrogen (secondary N) is 5. The molecule has 300 valence electrons. The van der Waals surface area contributed by atoms with Gasteiger partial charge in [-0.2, -0.15) is 0 Å². The average Bonchev–Trinajstić information content (AvgIpc) is 3.59. The van der Waals surface area contributed by atoms with Crippen LogP contribution in [0.1, 0.15) is 63.0 Å². The molecule has 0 aliphatic carbocycles. The van der Waals surface area contributed by atoms with Crippen LogP contribution in [0.4, 0.5) is 0 Å². The molecule has 0 aliphatic rings. The number of para-hydroxylation sites is 1. The number of hydrogen-bond acceptors (Lipinski definition) is 8. The van der Waals surface area contributed by atoms with Crippen LogP contribution in [-0.4, -0.2) is 84.2 Å². The van der Waals surface area contributed by atoms with E-state index in [0.717, 1.165) is 58.5 Å². The van der Waals surface area contributed by atoms with Gasteiger partial charge in [0.2, 0.25) is 23.6 Å². The van der Waals surface area contributed by atoms with E-state index in [9.17, 15) is 24.0 Å². The lowest BCUT2D eigenvalue weighted by Crippen LogP contribution is -2.58. The molecular formula is C41H56N10O5. The largest absolute Gasteiger partial charge is 0.370 e. The van der Waals surface area contributed by atoms with E-state index < -0.39 is 47.8 Å². The van der Waals surface area contributed by atoms with E-state index in [1.54, 1.807) is 13.1 Å². The van der Waals surface area contributed by atoms with Gasteiger partial charge < -0.3 is 43.9 Å². The number of unbranched alkanes of at least 4 members (excludes halogenated alkanes) is 3. The molecule has 13 N–H and O–H groups in total. The number of nitrogens with zero attached hydrogens (tertiary/aromatic N) is 1. The van der Waals surface area contributed by atoms with E-state index in [0.29, 0.717) is 19.4 Å². The molecule has 4 aromatic rings. The number of hydrogen-bond donors (Lipinski definition) is 9. The number of H-pyrrole nitrogens is 1. The highest BCUT2D eigenvalue weighted by atomic mass is 16.2. The van der Waals surface area contributed by atoms with E-state index in [-0.39, 0.29) is 44.1 Å². The molecule has 0 bridgehead atoms. The summed E-state index contributed by atoms with van der Waals surface area (Å²) in [7, 11) is 0. The number of guanidine groups is 1. The molecule has 0 unspecified atom stereocenters. The molecule has 3 aromatic carbocycles. The van der Waals surface area contributed by atoms with Crippen LogP contribution < -0.4 is 44.2 Å². The second-order valence-electron chi connectivity index (χ2n) is 14.1. The number of carbonyl (C=O) groups excluding carboxylic acids is 5. The Labute approximate surface area is 327 Å². The number of aliphatic imine (C=N–C) groups is 1. The predicted molar refractivity (Wildman–Crippen MR) is 219 cm³/mol. The third-order valence-corrected chi connectivity index (χ3v) is 9.63. The Hall–Kier alpha value is -5.80. The molecule has 4 atom stereocenters. The Bertz CT molecular complexity index is 1970. The van der Waals surface area contributed by atoms with Gasteiger partial charge in [0.1, 0.15) is 23.9 Å². The Morgan fingerprint density at radius 1 is 0.732 bits per heavy atom. The number of Topliss-reactive ketones (excluding diaryl/α,β-unsaturated/α-hetero) is 1. The van der Waals surface area contributed by atoms with Gasteiger partial charge in [-0.3, -0.25) is 34.3 Å². The van der Waals surface area contributed by atoms with Gasteiger partial charge in [-0.25, -0.2) is 0 Å². The quantitative estimate of drug-likeness (QED) is 0.0284. The summed E-state index contributed by atoms with van der Waals surface area (Å²) in [6, 6.07) is 16.9. The number of rotatable bonds is 24. The van der Waals surface area contributed by atoms with Crippen molar-refractivity contribution < 1.29 is 24.0 Å². The maximum absolute atomic E-state index is 14.2. The second kappa shape index (κ2) is 21.9. The molecule has 0 saturated heterocycles. The molecule has 15 nitrogen and oxygen atoms in total. The third-order valence-electron chi connectivity index (χ3n) is 9.63. The van der Waals surface area contributed by atoms with Crippen LogP contribution >= 0.6 is 0 Å². The van der Waals surface area contributed by atoms with Gasteiger partial charge in [-0.05, 0) is 67.1 Å². The molecule has 15 heteroatoms. The van der Waals surface area contributed by atoms with Crippen LogP contribution in [-0.2, 0) is 36.8 Å². The smallest absolute Gasteiger partial charge is 0.243 e. The molecule has 4 rings (SSSR count). The summed E-state index contributed by atoms with van der Waals surface area (Å²) in [5.41, 5.74) is 24.7. The highest BCUT2D eigenvalue weighted by molar-refractivity contribution is 5.95. The van der Waals surface area contributed by atoms with Crippen molar-refractivity contribution in [3.63, 3.8) is 0 Å². The number of aromatic nitrogens is 1. The van der Waals surface area contributed by atoms with Crippen molar-refractivity contribution in [1.29, 1.82) is 0 Å². The van der Waals surface area contributed by atoms with E-state index in [2.05, 4.69) is 31.2 Å². The topological polar surface area (TPSA) is 266 Å². The number of ketones is 1. The number of aromatic amines is 1. The molecule has 0 saturated carbocycles. The van der Waals surface area contributed by atoms with Crippen LogP contribution in [0.2, 0.25) is 0 Å². The van der Waals surface area contributed by atoms with E-state index in [1.165, 1.54) is 0 Å². The molecule has 0 spiro atoms. The molecule has 0 fully saturated rings. The number of amides is 4. The van der Waals surface area contributed by atoms with E-state index in [4.69, 9.17) is 22.9 Å². The average molecular weight is 769 g/mol. The van der Waals surface area contributed by atoms with Gasteiger partial charge >= 0.3 is 0 Å². The van der Waals surface area contributed by atoms with Crippen molar-refractivity contribution in [1.82, 2.24) is 26.3 Å². The summed E-state index contributed by atoms with van der Waals surface area (Å²) in [4.78, 5) is 73.8. The lowest BCUT2D eigenvalue weighted by Gasteiger charge is -2.26. The van der Waals surface area contributed by atoms with E-state index in [1.807, 2.05) is 66.7 Å². The fourth-order valence-corrected chi connectivity index (χ4v) is 6.44. The van der Waals surface area contributed by atoms with Crippen LogP contribution in [0.5, 0.6) is 0 Å². The first-order valence-corrected chi connectivity index (χ1v) is 19.2. The minimum absolute atomic E-state index is 0.00460. The summed E-state index contributed by atoms with van der Waals surface area (Å²) < 4.78 is 0. The molecule has 4 amide bonds.